The minimum Gasteiger partial charge on any atom is -0.490 e. The molecule has 2 N–H and O–H groups in total. The SMILES string of the molecule is CCOc1cc(C=NNC(=O)CC(=O)Nc2ccc(Cl)cc2)ccc1OC(C)C. The zero-order valence-electron chi connectivity index (χ0n) is 16.6. The first-order chi connectivity index (χ1) is 13.9. The number of hydrogen-bond donors (Lipinski definition) is 2. The average Bonchev–Trinajstić information content (AvgIpc) is 2.65. The third kappa shape index (κ3) is 7.83. The first-order valence-corrected chi connectivity index (χ1v) is 9.56. The third-order valence-corrected chi connectivity index (χ3v) is 3.73. The number of carbonyl (C=O) groups excluding carboxylic acids is 2. The molecule has 0 saturated carbocycles. The standard InChI is InChI=1S/C21H24ClN3O4/c1-4-28-19-11-15(5-10-18(19)29-14(2)3)13-23-25-21(27)12-20(26)24-17-8-6-16(22)7-9-17/h5-11,13-14H,4,12H2,1-3H3,(H,24,26)(H,25,27). The topological polar surface area (TPSA) is 89.0 Å². The van der Waals surface area contributed by atoms with Crippen LogP contribution in [0.4, 0.5) is 5.69 Å². The second kappa shape index (κ2) is 11.1. The number of hydrogen-bond acceptors (Lipinski definition) is 5. The molecule has 2 amide bonds. The number of ether oxygens (including phenoxy) is 2. The molecule has 29 heavy (non-hydrogen) atoms. The van der Waals surface area contributed by atoms with Crippen molar-refractivity contribution in [3.8, 4) is 11.5 Å². The van der Waals surface area contributed by atoms with E-state index in [1.165, 1.54) is 6.21 Å². The molecule has 0 aliphatic heterocycles. The van der Waals surface area contributed by atoms with E-state index in [2.05, 4.69) is 15.8 Å². The summed E-state index contributed by atoms with van der Waals surface area (Å²) in [5, 5.41) is 7.06. The molecule has 0 heterocycles. The highest BCUT2D eigenvalue weighted by Crippen LogP contribution is 2.28. The molecule has 0 aliphatic carbocycles. The van der Waals surface area contributed by atoms with E-state index in [4.69, 9.17) is 21.1 Å². The van der Waals surface area contributed by atoms with Gasteiger partial charge in [-0.25, -0.2) is 5.43 Å². The Kier molecular flexibility index (Phi) is 8.48. The Morgan fingerprint density at radius 1 is 1.10 bits per heavy atom. The first-order valence-electron chi connectivity index (χ1n) is 9.18. The summed E-state index contributed by atoms with van der Waals surface area (Å²) in [6.45, 7) is 6.25. The summed E-state index contributed by atoms with van der Waals surface area (Å²) in [6, 6.07) is 11.9. The van der Waals surface area contributed by atoms with Crippen LogP contribution in [0.15, 0.2) is 47.6 Å². The van der Waals surface area contributed by atoms with Crippen molar-refractivity contribution in [3.05, 3.63) is 53.1 Å². The van der Waals surface area contributed by atoms with Crippen LogP contribution in [0.5, 0.6) is 11.5 Å². The third-order valence-electron chi connectivity index (χ3n) is 3.48. The molecule has 0 bridgehead atoms. The van der Waals surface area contributed by atoms with Crippen LogP contribution in [0.25, 0.3) is 0 Å². The Bertz CT molecular complexity index is 867. The Morgan fingerprint density at radius 3 is 2.48 bits per heavy atom. The number of nitrogens with one attached hydrogen (secondary N) is 2. The molecule has 0 aromatic heterocycles. The first kappa shape index (κ1) is 22.2. The van der Waals surface area contributed by atoms with Gasteiger partial charge in [0.05, 0.1) is 18.9 Å². The van der Waals surface area contributed by atoms with Crippen LogP contribution in [0.3, 0.4) is 0 Å². The van der Waals surface area contributed by atoms with Gasteiger partial charge in [0.2, 0.25) is 11.8 Å². The molecule has 0 aliphatic rings. The van der Waals surface area contributed by atoms with Gasteiger partial charge in [-0.3, -0.25) is 9.59 Å². The smallest absolute Gasteiger partial charge is 0.249 e. The highest BCUT2D eigenvalue weighted by Gasteiger charge is 2.10. The van der Waals surface area contributed by atoms with Crippen molar-refractivity contribution in [1.82, 2.24) is 5.43 Å². The zero-order chi connectivity index (χ0) is 21.2. The molecule has 0 unspecified atom stereocenters. The predicted molar refractivity (Wildman–Crippen MR) is 114 cm³/mol. The largest absolute Gasteiger partial charge is 0.490 e. The van der Waals surface area contributed by atoms with Crippen LogP contribution in [0.1, 0.15) is 32.8 Å². The lowest BCUT2D eigenvalue weighted by molar-refractivity contribution is -0.126. The Hall–Kier alpha value is -3.06. The number of anilines is 1. The van der Waals surface area contributed by atoms with Crippen molar-refractivity contribution >= 4 is 35.3 Å². The van der Waals surface area contributed by atoms with E-state index < -0.39 is 11.8 Å². The minimum absolute atomic E-state index is 0.0204. The molecular weight excluding hydrogens is 394 g/mol. The van der Waals surface area contributed by atoms with Gasteiger partial charge in [-0.15, -0.1) is 0 Å². The number of rotatable bonds is 9. The molecular formula is C21H24ClN3O4. The van der Waals surface area contributed by atoms with Crippen LogP contribution in [-0.4, -0.2) is 30.7 Å². The van der Waals surface area contributed by atoms with Gasteiger partial charge in [-0.2, -0.15) is 5.10 Å². The number of halogens is 1. The van der Waals surface area contributed by atoms with Crippen molar-refractivity contribution < 1.29 is 19.1 Å². The van der Waals surface area contributed by atoms with E-state index in [0.717, 1.165) is 5.56 Å². The lowest BCUT2D eigenvalue weighted by Gasteiger charge is -2.14. The number of amides is 2. The second-order valence-electron chi connectivity index (χ2n) is 6.33. The minimum atomic E-state index is -0.530. The number of hydrazone groups is 1. The number of nitrogens with zero attached hydrogens (tertiary/aromatic N) is 1. The van der Waals surface area contributed by atoms with Gasteiger partial charge in [0.1, 0.15) is 6.42 Å². The van der Waals surface area contributed by atoms with Crippen LogP contribution < -0.4 is 20.2 Å². The summed E-state index contributed by atoms with van der Waals surface area (Å²) in [6.07, 6.45) is 1.13. The quantitative estimate of drug-likeness (QED) is 0.366. The van der Waals surface area contributed by atoms with Crippen molar-refractivity contribution in [1.29, 1.82) is 0 Å². The van der Waals surface area contributed by atoms with E-state index in [9.17, 15) is 9.59 Å². The van der Waals surface area contributed by atoms with E-state index in [-0.39, 0.29) is 12.5 Å². The van der Waals surface area contributed by atoms with Crippen molar-refractivity contribution in [3.63, 3.8) is 0 Å². The fourth-order valence-corrected chi connectivity index (χ4v) is 2.45. The van der Waals surface area contributed by atoms with E-state index >= 15 is 0 Å². The molecule has 0 radical (unpaired) electrons. The Balaban J connectivity index is 1.89. The molecule has 154 valence electrons. The monoisotopic (exact) mass is 417 g/mol. The van der Waals surface area contributed by atoms with Gasteiger partial charge < -0.3 is 14.8 Å². The van der Waals surface area contributed by atoms with E-state index in [1.54, 1.807) is 42.5 Å². The number of benzene rings is 2. The van der Waals surface area contributed by atoms with Crippen molar-refractivity contribution in [2.75, 3.05) is 11.9 Å². The van der Waals surface area contributed by atoms with Gasteiger partial charge in [0.15, 0.2) is 11.5 Å². The maximum atomic E-state index is 11.9. The normalized spacial score (nSPS) is 10.8. The van der Waals surface area contributed by atoms with Crippen molar-refractivity contribution in [2.45, 2.75) is 33.3 Å². The highest BCUT2D eigenvalue weighted by atomic mass is 35.5. The maximum Gasteiger partial charge on any atom is 0.249 e. The fourth-order valence-electron chi connectivity index (χ4n) is 2.33. The fraction of sp³-hybridized carbons (Fsp3) is 0.286. The lowest BCUT2D eigenvalue weighted by atomic mass is 10.2. The van der Waals surface area contributed by atoms with Crippen LogP contribution in [0.2, 0.25) is 5.02 Å². The molecule has 7 nitrogen and oxygen atoms in total. The molecule has 2 rings (SSSR count). The Labute approximate surface area is 175 Å². The molecule has 0 fully saturated rings. The second-order valence-corrected chi connectivity index (χ2v) is 6.77. The van der Waals surface area contributed by atoms with Gasteiger partial charge in [0.25, 0.3) is 0 Å². The van der Waals surface area contributed by atoms with Gasteiger partial charge in [0, 0.05) is 10.7 Å². The average molecular weight is 418 g/mol. The summed E-state index contributed by atoms with van der Waals surface area (Å²) in [7, 11) is 0. The van der Waals surface area contributed by atoms with E-state index in [0.29, 0.717) is 28.8 Å². The maximum absolute atomic E-state index is 11.9. The summed E-state index contributed by atoms with van der Waals surface area (Å²) in [5.74, 6) is 0.257. The molecule has 0 saturated heterocycles. The van der Waals surface area contributed by atoms with Crippen LogP contribution in [-0.2, 0) is 9.59 Å². The summed E-state index contributed by atoms with van der Waals surface area (Å²) < 4.78 is 11.3. The number of carbonyl (C=O) groups is 2. The van der Waals surface area contributed by atoms with Crippen LogP contribution >= 0.6 is 11.6 Å². The summed E-state index contributed by atoms with van der Waals surface area (Å²) >= 11 is 5.79. The van der Waals surface area contributed by atoms with Gasteiger partial charge in [-0.1, -0.05) is 11.6 Å². The summed E-state index contributed by atoms with van der Waals surface area (Å²) in [4.78, 5) is 23.8. The molecule has 2 aromatic rings. The predicted octanol–water partition coefficient (Wildman–Crippen LogP) is 4.00. The Morgan fingerprint density at radius 2 is 1.83 bits per heavy atom. The van der Waals surface area contributed by atoms with Crippen LogP contribution in [0, 0.1) is 0 Å². The zero-order valence-corrected chi connectivity index (χ0v) is 17.3. The van der Waals surface area contributed by atoms with Gasteiger partial charge >= 0.3 is 0 Å². The van der Waals surface area contributed by atoms with Crippen molar-refractivity contribution in [2.24, 2.45) is 5.10 Å². The molecule has 0 spiro atoms. The molecule has 8 heteroatoms. The summed E-state index contributed by atoms with van der Waals surface area (Å²) in [5.41, 5.74) is 3.61. The molecule has 0 atom stereocenters. The highest BCUT2D eigenvalue weighted by molar-refractivity contribution is 6.30. The van der Waals surface area contributed by atoms with E-state index in [1.807, 2.05) is 20.8 Å². The lowest BCUT2D eigenvalue weighted by Crippen LogP contribution is -2.24. The van der Waals surface area contributed by atoms with Gasteiger partial charge in [-0.05, 0) is 68.8 Å². The molecule has 2 aromatic carbocycles.